The average Bonchev–Trinajstić information content (AvgIpc) is 2.21. The third-order valence-electron chi connectivity index (χ3n) is 1.44. The van der Waals surface area contributed by atoms with E-state index in [0.717, 1.165) is 12.8 Å². The summed E-state index contributed by atoms with van der Waals surface area (Å²) in [7, 11) is 0. The third kappa shape index (κ3) is 1.06. The molecule has 1 rings (SSSR count). The topological polar surface area (TPSA) is 0 Å². The molecule has 0 aromatic rings. The van der Waals surface area contributed by atoms with E-state index in [1.165, 1.54) is 0 Å². The van der Waals surface area contributed by atoms with Crippen LogP contribution in [0, 0.1) is 0 Å². The zero-order valence-electron chi connectivity index (χ0n) is 4.25. The third-order valence-corrected chi connectivity index (χ3v) is 2.56. The summed E-state index contributed by atoms with van der Waals surface area (Å²) >= 11 is 2.14. The van der Waals surface area contributed by atoms with Gasteiger partial charge in [0.25, 0.3) is 0 Å². The molecule has 1 atom stereocenters. The van der Waals surface area contributed by atoms with Gasteiger partial charge < -0.3 is 0 Å². The van der Waals surface area contributed by atoms with Crippen LogP contribution in [0.4, 0.5) is 4.39 Å². The maximum absolute atomic E-state index is 12.6. The lowest BCUT2D eigenvalue weighted by Gasteiger charge is -2.04. The minimum absolute atomic E-state index is 0.213. The molecule has 42 valence electrons. The number of halogens is 2. The second-order valence-corrected chi connectivity index (χ2v) is 4.02. The van der Waals surface area contributed by atoms with Gasteiger partial charge >= 0.3 is 0 Å². The predicted molar refractivity (Wildman–Crippen MR) is 36.6 cm³/mol. The lowest BCUT2D eigenvalue weighted by atomic mass is 10.3. The van der Waals surface area contributed by atoms with Crippen molar-refractivity contribution in [2.24, 2.45) is 0 Å². The minimum Gasteiger partial charge on any atom is -0.243 e. The van der Waals surface area contributed by atoms with Crippen molar-refractivity contribution in [3.63, 3.8) is 0 Å². The van der Waals surface area contributed by atoms with Crippen LogP contribution in [0.15, 0.2) is 0 Å². The first kappa shape index (κ1) is 5.79. The van der Waals surface area contributed by atoms with Crippen molar-refractivity contribution >= 4 is 22.6 Å². The van der Waals surface area contributed by atoms with Gasteiger partial charge in [0, 0.05) is 3.92 Å². The van der Waals surface area contributed by atoms with Gasteiger partial charge in [-0.15, -0.1) is 0 Å². The van der Waals surface area contributed by atoms with Gasteiger partial charge in [-0.25, -0.2) is 4.39 Å². The van der Waals surface area contributed by atoms with Gasteiger partial charge in [0.1, 0.15) is 5.67 Å². The second-order valence-electron chi connectivity index (χ2n) is 2.15. The van der Waals surface area contributed by atoms with E-state index in [9.17, 15) is 4.39 Å². The summed E-state index contributed by atoms with van der Waals surface area (Å²) in [5.74, 6) is 0. The molecule has 0 nitrogen and oxygen atoms in total. The largest absolute Gasteiger partial charge is 0.243 e. The van der Waals surface area contributed by atoms with Crippen molar-refractivity contribution in [2.75, 3.05) is 0 Å². The van der Waals surface area contributed by atoms with E-state index in [1.54, 1.807) is 0 Å². The average molecular weight is 214 g/mol. The minimum atomic E-state index is -0.763. The standard InChI is InChI=1S/C5H8FI/c1-4(7)5(6)2-3-5/h4H,2-3H2,1H3. The van der Waals surface area contributed by atoms with E-state index in [4.69, 9.17) is 0 Å². The number of hydrogen-bond donors (Lipinski definition) is 0. The highest BCUT2D eigenvalue weighted by molar-refractivity contribution is 14.1. The zero-order valence-corrected chi connectivity index (χ0v) is 6.40. The Morgan fingerprint density at radius 1 is 1.71 bits per heavy atom. The monoisotopic (exact) mass is 214 g/mol. The molecule has 0 aromatic heterocycles. The molecule has 1 fully saturated rings. The summed E-state index contributed by atoms with van der Waals surface area (Å²) in [6.07, 6.45) is 1.58. The van der Waals surface area contributed by atoms with Gasteiger partial charge in [0.05, 0.1) is 0 Å². The smallest absolute Gasteiger partial charge is 0.122 e. The molecule has 7 heavy (non-hydrogen) atoms. The van der Waals surface area contributed by atoms with Crippen LogP contribution in [-0.4, -0.2) is 9.59 Å². The van der Waals surface area contributed by atoms with Crippen LogP contribution < -0.4 is 0 Å². The molecule has 0 radical (unpaired) electrons. The second kappa shape index (κ2) is 1.57. The molecular weight excluding hydrogens is 206 g/mol. The molecule has 0 heterocycles. The quantitative estimate of drug-likeness (QED) is 0.464. The molecule has 2 heteroatoms. The van der Waals surface area contributed by atoms with Gasteiger partial charge in [-0.2, -0.15) is 0 Å². The van der Waals surface area contributed by atoms with E-state index < -0.39 is 5.67 Å². The summed E-state index contributed by atoms with van der Waals surface area (Å²) in [4.78, 5) is 0. The molecule has 0 aliphatic heterocycles. The number of hydrogen-bond acceptors (Lipinski definition) is 0. The van der Waals surface area contributed by atoms with Crippen LogP contribution in [0.25, 0.3) is 0 Å². The number of rotatable bonds is 1. The van der Waals surface area contributed by atoms with E-state index in [1.807, 2.05) is 6.92 Å². The maximum Gasteiger partial charge on any atom is 0.122 e. The molecule has 0 saturated heterocycles. The van der Waals surface area contributed by atoms with Gasteiger partial charge in [-0.1, -0.05) is 29.5 Å². The fourth-order valence-electron chi connectivity index (χ4n) is 0.517. The van der Waals surface area contributed by atoms with Gasteiger partial charge in [0.15, 0.2) is 0 Å². The van der Waals surface area contributed by atoms with Crippen molar-refractivity contribution < 1.29 is 4.39 Å². The Balaban J connectivity index is 2.39. The van der Waals surface area contributed by atoms with Crippen LogP contribution >= 0.6 is 22.6 Å². The van der Waals surface area contributed by atoms with Gasteiger partial charge in [-0.3, -0.25) is 0 Å². The first-order valence-corrected chi connectivity index (χ1v) is 3.73. The van der Waals surface area contributed by atoms with Crippen molar-refractivity contribution in [3.8, 4) is 0 Å². The summed E-state index contributed by atoms with van der Waals surface area (Å²) < 4.78 is 12.8. The highest BCUT2D eigenvalue weighted by Crippen LogP contribution is 2.45. The molecular formula is C5H8FI. The molecule has 0 bridgehead atoms. The Kier molecular flexibility index (Phi) is 1.30. The van der Waals surface area contributed by atoms with Gasteiger partial charge in [-0.05, 0) is 12.8 Å². The fourth-order valence-corrected chi connectivity index (χ4v) is 1.14. The van der Waals surface area contributed by atoms with Crippen LogP contribution in [0.2, 0.25) is 0 Å². The van der Waals surface area contributed by atoms with Gasteiger partial charge in [0.2, 0.25) is 0 Å². The van der Waals surface area contributed by atoms with Crippen molar-refractivity contribution in [1.82, 2.24) is 0 Å². The van der Waals surface area contributed by atoms with Crippen molar-refractivity contribution in [2.45, 2.75) is 29.4 Å². The molecule has 1 saturated carbocycles. The lowest BCUT2D eigenvalue weighted by Crippen LogP contribution is -2.11. The van der Waals surface area contributed by atoms with Crippen LogP contribution in [0.5, 0.6) is 0 Å². The Labute approximate surface area is 56.6 Å². The van der Waals surface area contributed by atoms with E-state index in [0.29, 0.717) is 0 Å². The fraction of sp³-hybridized carbons (Fsp3) is 1.00. The predicted octanol–water partition coefficient (Wildman–Crippen LogP) is 2.31. The summed E-state index contributed by atoms with van der Waals surface area (Å²) in [6.45, 7) is 1.92. The maximum atomic E-state index is 12.6. The SMILES string of the molecule is CC(I)C1(F)CC1. The lowest BCUT2D eigenvalue weighted by molar-refractivity contribution is 0.315. The normalized spacial score (nSPS) is 29.6. The van der Waals surface area contributed by atoms with Crippen LogP contribution in [0.3, 0.4) is 0 Å². The highest BCUT2D eigenvalue weighted by Gasteiger charge is 2.46. The molecule has 0 N–H and O–H groups in total. The first-order chi connectivity index (χ1) is 3.15. The number of alkyl halides is 2. The molecule has 0 aromatic carbocycles. The van der Waals surface area contributed by atoms with Crippen LogP contribution in [-0.2, 0) is 0 Å². The van der Waals surface area contributed by atoms with E-state index >= 15 is 0 Å². The Morgan fingerprint density at radius 3 is 2.14 bits per heavy atom. The Morgan fingerprint density at radius 2 is 2.14 bits per heavy atom. The summed E-state index contributed by atoms with van der Waals surface area (Å²) in [6, 6.07) is 0. The molecule has 0 spiro atoms. The van der Waals surface area contributed by atoms with E-state index in [-0.39, 0.29) is 3.92 Å². The van der Waals surface area contributed by atoms with Crippen LogP contribution in [0.1, 0.15) is 19.8 Å². The van der Waals surface area contributed by atoms with Crippen molar-refractivity contribution in [3.05, 3.63) is 0 Å². The van der Waals surface area contributed by atoms with E-state index in [2.05, 4.69) is 22.6 Å². The van der Waals surface area contributed by atoms with Crippen molar-refractivity contribution in [1.29, 1.82) is 0 Å². The first-order valence-electron chi connectivity index (χ1n) is 2.48. The molecule has 1 unspecified atom stereocenters. The Hall–Kier alpha value is 0.660. The Bertz CT molecular complexity index is 76.1. The molecule has 0 amide bonds. The molecule has 1 aliphatic rings. The summed E-state index contributed by atoms with van der Waals surface area (Å²) in [5.41, 5.74) is -0.763. The summed E-state index contributed by atoms with van der Waals surface area (Å²) in [5, 5.41) is 0. The molecule has 1 aliphatic carbocycles. The zero-order chi connectivity index (χ0) is 5.49. The highest BCUT2D eigenvalue weighted by atomic mass is 127.